The first-order valence-electron chi connectivity index (χ1n) is 15.1. The molecule has 48 heavy (non-hydrogen) atoms. The second-order valence-electron chi connectivity index (χ2n) is 11.4. The summed E-state index contributed by atoms with van der Waals surface area (Å²) in [4.78, 5) is 1.98. The van der Waals surface area contributed by atoms with Gasteiger partial charge in [0.15, 0.2) is 0 Å². The molecule has 0 spiro atoms. The second-order valence-corrected chi connectivity index (χ2v) is 15.2. The number of halogens is 3. The Kier molecular flexibility index (Phi) is 9.42. The molecular formula is C33H34F3N5O5S2. The van der Waals surface area contributed by atoms with Gasteiger partial charge in [-0.15, -0.1) is 13.2 Å². The van der Waals surface area contributed by atoms with Crippen LogP contribution < -0.4 is 19.1 Å². The molecule has 10 nitrogen and oxygen atoms in total. The molecule has 4 aromatic carbocycles. The summed E-state index contributed by atoms with van der Waals surface area (Å²) in [6.45, 7) is -0.420. The fourth-order valence-corrected chi connectivity index (χ4v) is 9.02. The van der Waals surface area contributed by atoms with Crippen molar-refractivity contribution in [3.8, 4) is 5.75 Å². The monoisotopic (exact) mass is 701 g/mol. The highest BCUT2D eigenvalue weighted by Gasteiger charge is 2.45. The third-order valence-corrected chi connectivity index (χ3v) is 11.9. The Bertz CT molecular complexity index is 1940. The van der Waals surface area contributed by atoms with Crippen molar-refractivity contribution in [1.82, 2.24) is 9.03 Å². The van der Waals surface area contributed by atoms with Crippen LogP contribution in [0, 0.1) is 0 Å². The summed E-state index contributed by atoms with van der Waals surface area (Å²) in [5, 5.41) is 12.1. The largest absolute Gasteiger partial charge is 0.573 e. The van der Waals surface area contributed by atoms with Crippen molar-refractivity contribution >= 4 is 37.2 Å². The first-order valence-corrected chi connectivity index (χ1v) is 18.1. The lowest BCUT2D eigenvalue weighted by Crippen LogP contribution is -2.66. The molecule has 4 aromatic rings. The van der Waals surface area contributed by atoms with E-state index in [0.717, 1.165) is 47.5 Å². The highest BCUT2D eigenvalue weighted by Crippen LogP contribution is 2.40. The number of alkyl halides is 3. The summed E-state index contributed by atoms with van der Waals surface area (Å²) in [6, 6.07) is 26.2. The minimum Gasteiger partial charge on any atom is -0.406 e. The number of hydrogen-bond acceptors (Lipinski definition) is 7. The average Bonchev–Trinajstić information content (AvgIpc) is 3.22. The van der Waals surface area contributed by atoms with E-state index in [2.05, 4.69) is 18.5 Å². The van der Waals surface area contributed by atoms with Gasteiger partial charge in [0.2, 0.25) is 0 Å². The molecule has 0 bridgehead atoms. The van der Waals surface area contributed by atoms with Crippen LogP contribution in [0.1, 0.15) is 11.1 Å². The fourth-order valence-electron chi connectivity index (χ4n) is 6.17. The number of nitrogens with zero attached hydrogens (tertiary/aromatic N) is 3. The Morgan fingerprint density at radius 2 is 1.38 bits per heavy atom. The van der Waals surface area contributed by atoms with Gasteiger partial charge in [-0.3, -0.25) is 4.72 Å². The maximum Gasteiger partial charge on any atom is 0.573 e. The summed E-state index contributed by atoms with van der Waals surface area (Å²) in [5.41, 5.74) is 3.98. The Balaban J connectivity index is 1.41. The van der Waals surface area contributed by atoms with Crippen LogP contribution in [-0.2, 0) is 33.0 Å². The van der Waals surface area contributed by atoms with Crippen molar-refractivity contribution < 1.29 is 35.6 Å². The molecule has 6 rings (SSSR count). The van der Waals surface area contributed by atoms with E-state index in [1.807, 2.05) is 53.4 Å². The van der Waals surface area contributed by atoms with Crippen molar-refractivity contribution in [2.75, 3.05) is 29.8 Å². The van der Waals surface area contributed by atoms with Crippen LogP contribution in [0.5, 0.6) is 5.75 Å². The first kappa shape index (κ1) is 33.7. The molecule has 0 amide bonds. The molecule has 2 aliphatic heterocycles. The Hall–Kier alpha value is -4.15. The molecule has 1 saturated heterocycles. The number of piperidine rings is 1. The van der Waals surface area contributed by atoms with Gasteiger partial charge in [-0.1, -0.05) is 54.6 Å². The molecule has 4 atom stereocenters. The second kappa shape index (κ2) is 13.4. The zero-order valence-corrected chi connectivity index (χ0v) is 27.4. The number of aryl methyl sites for hydroxylation is 2. The van der Waals surface area contributed by atoms with E-state index in [-0.39, 0.29) is 18.0 Å². The van der Waals surface area contributed by atoms with Crippen LogP contribution in [-0.4, -0.2) is 66.7 Å². The number of anilines is 3. The van der Waals surface area contributed by atoms with Crippen molar-refractivity contribution in [1.29, 1.82) is 0 Å². The standard InChI is InChI=1S/C33H34F3N5O5S2/c1-37-47(43,27-19-17-26(18-20-27)46-33(34,35)36)39-28-21-40(48(44,45)38-25-11-3-2-4-12-25)22-31(32(28)42)41-29-13-7-5-9-23(29)15-16-24-10-6-8-14-30(24)41/h2-14,17-20,28,31-32,38,42H,15-16,21-22H2,1H3,(H,37,39,43). The molecular weight excluding hydrogens is 668 g/mol. The Labute approximate surface area is 277 Å². The Morgan fingerprint density at radius 3 is 1.94 bits per heavy atom. The molecule has 4 unspecified atom stereocenters. The number of benzene rings is 4. The van der Waals surface area contributed by atoms with Crippen LogP contribution in [0.4, 0.5) is 30.2 Å². The summed E-state index contributed by atoms with van der Waals surface area (Å²) < 4.78 is 95.2. The van der Waals surface area contributed by atoms with Gasteiger partial charge in [-0.2, -0.15) is 12.7 Å². The van der Waals surface area contributed by atoms with Crippen LogP contribution >= 0.6 is 0 Å². The molecule has 0 radical (unpaired) electrons. The van der Waals surface area contributed by atoms with Gasteiger partial charge in [0, 0.05) is 37.2 Å². The van der Waals surface area contributed by atoms with Crippen molar-refractivity contribution in [3.05, 3.63) is 114 Å². The van der Waals surface area contributed by atoms with Crippen LogP contribution in [0.2, 0.25) is 0 Å². The van der Waals surface area contributed by atoms with E-state index in [1.165, 1.54) is 23.5 Å². The van der Waals surface area contributed by atoms with E-state index >= 15 is 0 Å². The number of aliphatic hydroxyl groups is 1. The molecule has 0 aliphatic carbocycles. The molecule has 15 heteroatoms. The third kappa shape index (κ3) is 7.15. The molecule has 1 fully saturated rings. The van der Waals surface area contributed by atoms with Crippen molar-refractivity contribution in [3.63, 3.8) is 0 Å². The number of hydrogen-bond donors (Lipinski definition) is 3. The smallest absolute Gasteiger partial charge is 0.406 e. The number of para-hydroxylation sites is 3. The van der Waals surface area contributed by atoms with Gasteiger partial charge in [0.25, 0.3) is 0 Å². The zero-order chi connectivity index (χ0) is 34.1. The number of ether oxygens (including phenoxy) is 1. The van der Waals surface area contributed by atoms with E-state index in [1.54, 1.807) is 30.3 Å². The fraction of sp³-hybridized carbons (Fsp3) is 0.273. The van der Waals surface area contributed by atoms with Gasteiger partial charge in [-0.05, 0) is 72.5 Å². The van der Waals surface area contributed by atoms with E-state index in [9.17, 15) is 30.9 Å². The zero-order valence-electron chi connectivity index (χ0n) is 25.7. The lowest BCUT2D eigenvalue weighted by molar-refractivity contribution is -0.274. The normalized spacial score (nSPS) is 21.3. The number of rotatable bonds is 8. The maximum atomic E-state index is 14.3. The van der Waals surface area contributed by atoms with Gasteiger partial charge in [0.1, 0.15) is 15.7 Å². The summed E-state index contributed by atoms with van der Waals surface area (Å²) in [6.07, 6.45) is -4.75. The molecule has 3 N–H and O–H groups in total. The predicted octanol–water partition coefficient (Wildman–Crippen LogP) is 5.25. The van der Waals surface area contributed by atoms with E-state index in [4.69, 9.17) is 0 Å². The third-order valence-electron chi connectivity index (χ3n) is 8.40. The first-order chi connectivity index (χ1) is 22.9. The molecule has 254 valence electrons. The predicted molar refractivity (Wildman–Crippen MR) is 178 cm³/mol. The lowest BCUT2D eigenvalue weighted by Gasteiger charge is -2.46. The maximum absolute atomic E-state index is 14.3. The summed E-state index contributed by atoms with van der Waals surface area (Å²) in [5.74, 6) is -0.510. The number of aliphatic hydroxyl groups excluding tert-OH is 1. The Morgan fingerprint density at radius 1 is 0.812 bits per heavy atom. The molecule has 2 aliphatic rings. The molecule has 0 aromatic heterocycles. The van der Waals surface area contributed by atoms with Gasteiger partial charge in [-0.25, -0.2) is 13.3 Å². The summed E-state index contributed by atoms with van der Waals surface area (Å²) >= 11 is 0. The minimum absolute atomic E-state index is 0.0242. The molecule has 2 heterocycles. The van der Waals surface area contributed by atoms with Gasteiger partial charge >= 0.3 is 16.6 Å². The SMILES string of the molecule is CN=S(=O)(NC1CN(S(=O)(=O)Nc2ccccc2)CC(N2c3ccccc3CCc3ccccc32)C1O)c1ccc(OC(F)(F)F)cc1. The van der Waals surface area contributed by atoms with Crippen molar-refractivity contribution in [2.45, 2.75) is 42.3 Å². The summed E-state index contributed by atoms with van der Waals surface area (Å²) in [7, 11) is -6.54. The lowest BCUT2D eigenvalue weighted by atomic mass is 9.96. The highest BCUT2D eigenvalue weighted by atomic mass is 32.2. The quantitative estimate of drug-likeness (QED) is 0.231. The average molecular weight is 702 g/mol. The molecule has 0 saturated carbocycles. The van der Waals surface area contributed by atoms with Gasteiger partial charge < -0.3 is 14.7 Å². The van der Waals surface area contributed by atoms with Crippen LogP contribution in [0.3, 0.4) is 0 Å². The topological polar surface area (TPSA) is 124 Å². The minimum atomic E-state index is -4.91. The van der Waals surface area contributed by atoms with Gasteiger partial charge in [0.05, 0.1) is 23.1 Å². The van der Waals surface area contributed by atoms with Crippen LogP contribution in [0.15, 0.2) is 112 Å². The van der Waals surface area contributed by atoms with E-state index < -0.39 is 50.4 Å². The van der Waals surface area contributed by atoms with Crippen LogP contribution in [0.25, 0.3) is 0 Å². The highest BCUT2D eigenvalue weighted by molar-refractivity contribution is 7.91. The van der Waals surface area contributed by atoms with Crippen molar-refractivity contribution in [2.24, 2.45) is 4.36 Å². The number of nitrogens with one attached hydrogen (secondary N) is 2. The number of fused-ring (bicyclic) bond motifs is 2. The van der Waals surface area contributed by atoms with E-state index in [0.29, 0.717) is 5.69 Å².